The van der Waals surface area contributed by atoms with Crippen LogP contribution < -0.4 is 5.32 Å². The molecule has 3 aliphatic heterocycles. The normalized spacial score (nSPS) is 22.1. The zero-order valence-electron chi connectivity index (χ0n) is 19.8. The summed E-state index contributed by atoms with van der Waals surface area (Å²) in [6.07, 6.45) is 3.40. The van der Waals surface area contributed by atoms with Gasteiger partial charge in [0.05, 0.1) is 29.0 Å². The zero-order chi connectivity index (χ0) is 24.9. The van der Waals surface area contributed by atoms with E-state index in [-0.39, 0.29) is 24.8 Å². The molecule has 1 unspecified atom stereocenters. The Bertz CT molecular complexity index is 1380. The Morgan fingerprint density at radius 2 is 1.92 bits per heavy atom. The summed E-state index contributed by atoms with van der Waals surface area (Å²) in [5, 5.41) is 14.9. The van der Waals surface area contributed by atoms with Gasteiger partial charge in [0.25, 0.3) is 5.91 Å². The van der Waals surface area contributed by atoms with Crippen LogP contribution in [-0.4, -0.2) is 61.7 Å². The molecule has 0 bridgehead atoms. The van der Waals surface area contributed by atoms with Gasteiger partial charge in [-0.25, -0.2) is 0 Å². The van der Waals surface area contributed by atoms with Gasteiger partial charge in [-0.2, -0.15) is 0 Å². The summed E-state index contributed by atoms with van der Waals surface area (Å²) >= 11 is 0. The minimum absolute atomic E-state index is 0.202. The maximum atomic E-state index is 12.9. The van der Waals surface area contributed by atoms with Crippen molar-refractivity contribution in [2.24, 2.45) is 0 Å². The molecule has 36 heavy (non-hydrogen) atoms. The monoisotopic (exact) mass is 485 g/mol. The number of imide groups is 1. The lowest BCUT2D eigenvalue weighted by molar-refractivity contribution is -0.136. The van der Waals surface area contributed by atoms with Crippen LogP contribution in [0.15, 0.2) is 48.7 Å². The van der Waals surface area contributed by atoms with Gasteiger partial charge < -0.3 is 10.0 Å². The van der Waals surface area contributed by atoms with Gasteiger partial charge in [-0.05, 0) is 55.2 Å². The van der Waals surface area contributed by atoms with E-state index >= 15 is 0 Å². The average Bonchev–Trinajstić information content (AvgIpc) is 3.21. The number of rotatable bonds is 4. The first-order valence-electron chi connectivity index (χ1n) is 12.3. The van der Waals surface area contributed by atoms with E-state index in [9.17, 15) is 19.5 Å². The molecule has 3 aromatic rings. The van der Waals surface area contributed by atoms with Gasteiger partial charge in [-0.1, -0.05) is 12.1 Å². The molecule has 0 saturated carbocycles. The van der Waals surface area contributed by atoms with E-state index in [1.807, 2.05) is 12.1 Å². The third kappa shape index (κ3) is 4.04. The maximum absolute atomic E-state index is 12.9. The summed E-state index contributed by atoms with van der Waals surface area (Å²) in [5.41, 5.74) is 2.72. The average molecular weight is 486 g/mol. The first-order chi connectivity index (χ1) is 17.4. The Morgan fingerprint density at radius 1 is 1.08 bits per heavy atom. The second-order valence-electron chi connectivity index (χ2n) is 9.93. The van der Waals surface area contributed by atoms with Gasteiger partial charge in [0.15, 0.2) is 0 Å². The van der Waals surface area contributed by atoms with E-state index in [0.29, 0.717) is 36.2 Å². The van der Waals surface area contributed by atoms with E-state index in [1.165, 1.54) is 10.5 Å². The summed E-state index contributed by atoms with van der Waals surface area (Å²) in [5.74, 6) is -1.01. The zero-order valence-corrected chi connectivity index (χ0v) is 19.8. The van der Waals surface area contributed by atoms with Crippen LogP contribution >= 0.6 is 0 Å². The second-order valence-corrected chi connectivity index (χ2v) is 9.93. The molecule has 5 heterocycles. The molecule has 1 aromatic carbocycles. The van der Waals surface area contributed by atoms with Gasteiger partial charge in [0, 0.05) is 37.6 Å². The van der Waals surface area contributed by atoms with Crippen molar-refractivity contribution in [2.45, 2.75) is 50.4 Å². The summed E-state index contributed by atoms with van der Waals surface area (Å²) < 4.78 is 0. The molecule has 2 saturated heterocycles. The van der Waals surface area contributed by atoms with Crippen molar-refractivity contribution in [1.82, 2.24) is 25.1 Å². The largest absolute Gasteiger partial charge is 0.383 e. The number of aliphatic hydroxyl groups is 1. The summed E-state index contributed by atoms with van der Waals surface area (Å²) in [6, 6.07) is 13.1. The number of likely N-dealkylation sites (tertiary alicyclic amines) is 1. The molecule has 184 valence electrons. The minimum Gasteiger partial charge on any atom is -0.383 e. The molecule has 3 aliphatic rings. The van der Waals surface area contributed by atoms with Gasteiger partial charge in [0.1, 0.15) is 11.6 Å². The predicted octanol–water partition coefficient (Wildman–Crippen LogP) is 1.87. The number of benzene rings is 1. The minimum atomic E-state index is -1.07. The molecular formula is C27H27N5O4. The van der Waals surface area contributed by atoms with Crippen molar-refractivity contribution in [3.8, 4) is 0 Å². The molecule has 9 nitrogen and oxygen atoms in total. The Labute approximate surface area is 208 Å². The number of hydrogen-bond acceptors (Lipinski definition) is 7. The Balaban J connectivity index is 1.13. The van der Waals surface area contributed by atoms with Crippen molar-refractivity contribution >= 4 is 28.6 Å². The maximum Gasteiger partial charge on any atom is 0.256 e. The van der Waals surface area contributed by atoms with Crippen molar-refractivity contribution in [3.05, 3.63) is 71.2 Å². The Kier molecular flexibility index (Phi) is 5.54. The number of pyridine rings is 2. The molecule has 1 atom stereocenters. The first kappa shape index (κ1) is 22.8. The Hall–Kier alpha value is -3.69. The van der Waals surface area contributed by atoms with Crippen LogP contribution in [-0.2, 0) is 28.3 Å². The molecular weight excluding hydrogens is 458 g/mol. The highest BCUT2D eigenvalue weighted by Crippen LogP contribution is 2.35. The van der Waals surface area contributed by atoms with Gasteiger partial charge in [-0.3, -0.25) is 34.6 Å². The number of nitrogens with one attached hydrogen (secondary N) is 1. The van der Waals surface area contributed by atoms with E-state index in [0.717, 1.165) is 30.5 Å². The standard InChI is InChI=1S/C27H27N5O4/c33-24-8-6-22(25(34)30-24)32-16-21-19(26(32)35)4-7-23(29-21)27(36)9-12-31(13-10-27)15-17-3-5-20-18(14-17)2-1-11-28-20/h1-5,7,11,14,22,36H,6,8-10,12-13,15-16H2,(H,30,33,34). The molecule has 2 fully saturated rings. The third-order valence-electron chi connectivity index (χ3n) is 7.61. The smallest absolute Gasteiger partial charge is 0.256 e. The van der Waals surface area contributed by atoms with Crippen LogP contribution in [0.1, 0.15) is 53.0 Å². The fourth-order valence-corrected chi connectivity index (χ4v) is 5.51. The highest BCUT2D eigenvalue weighted by molar-refractivity contribution is 6.05. The summed E-state index contributed by atoms with van der Waals surface area (Å²) in [6.45, 7) is 2.45. The number of nitrogens with zero attached hydrogens (tertiary/aromatic N) is 4. The lowest BCUT2D eigenvalue weighted by Crippen LogP contribution is -2.52. The van der Waals surface area contributed by atoms with Crippen LogP contribution in [0.25, 0.3) is 10.9 Å². The van der Waals surface area contributed by atoms with E-state index in [1.54, 1.807) is 18.3 Å². The van der Waals surface area contributed by atoms with Gasteiger partial charge in [0.2, 0.25) is 11.8 Å². The van der Waals surface area contributed by atoms with Crippen molar-refractivity contribution in [3.63, 3.8) is 0 Å². The number of amides is 3. The molecule has 0 radical (unpaired) electrons. The quantitative estimate of drug-likeness (QED) is 0.542. The van der Waals surface area contributed by atoms with Crippen LogP contribution in [0.5, 0.6) is 0 Å². The SMILES string of the molecule is O=C1CCC(N2Cc3nc(C4(O)CCN(Cc5ccc6ncccc6c5)CC4)ccc3C2=O)C(=O)N1. The molecule has 2 N–H and O–H groups in total. The van der Waals surface area contributed by atoms with E-state index in [4.69, 9.17) is 4.98 Å². The van der Waals surface area contributed by atoms with Gasteiger partial charge in [-0.15, -0.1) is 0 Å². The number of carbonyl (C=O) groups excluding carboxylic acids is 3. The van der Waals surface area contributed by atoms with Crippen LogP contribution in [0, 0.1) is 0 Å². The summed E-state index contributed by atoms with van der Waals surface area (Å²) in [7, 11) is 0. The number of piperidine rings is 2. The van der Waals surface area contributed by atoms with Crippen LogP contribution in [0.4, 0.5) is 0 Å². The predicted molar refractivity (Wildman–Crippen MR) is 130 cm³/mol. The molecule has 0 aliphatic carbocycles. The number of carbonyl (C=O) groups is 3. The molecule has 6 rings (SSSR count). The molecule has 9 heteroatoms. The Morgan fingerprint density at radius 3 is 2.72 bits per heavy atom. The highest BCUT2D eigenvalue weighted by Gasteiger charge is 2.41. The number of hydrogen-bond donors (Lipinski definition) is 2. The third-order valence-corrected chi connectivity index (χ3v) is 7.61. The molecule has 0 spiro atoms. The lowest BCUT2D eigenvalue weighted by atomic mass is 9.87. The number of aromatic nitrogens is 2. The summed E-state index contributed by atoms with van der Waals surface area (Å²) in [4.78, 5) is 49.6. The lowest BCUT2D eigenvalue weighted by Gasteiger charge is -2.38. The van der Waals surface area contributed by atoms with Crippen molar-refractivity contribution in [2.75, 3.05) is 13.1 Å². The van der Waals surface area contributed by atoms with Crippen LogP contribution in [0.3, 0.4) is 0 Å². The molecule has 3 amide bonds. The highest BCUT2D eigenvalue weighted by atomic mass is 16.3. The second kappa shape index (κ2) is 8.76. The van der Waals surface area contributed by atoms with Crippen molar-refractivity contribution < 1.29 is 19.5 Å². The first-order valence-corrected chi connectivity index (χ1v) is 12.3. The fourth-order valence-electron chi connectivity index (χ4n) is 5.51. The molecule has 2 aromatic heterocycles. The number of fused-ring (bicyclic) bond motifs is 2. The van der Waals surface area contributed by atoms with Crippen LogP contribution in [0.2, 0.25) is 0 Å². The van der Waals surface area contributed by atoms with Crippen molar-refractivity contribution in [1.29, 1.82) is 0 Å². The van der Waals surface area contributed by atoms with E-state index < -0.39 is 17.6 Å². The van der Waals surface area contributed by atoms with Gasteiger partial charge >= 0.3 is 0 Å². The van der Waals surface area contributed by atoms with E-state index in [2.05, 4.69) is 33.4 Å². The topological polar surface area (TPSA) is 116 Å². The fraction of sp³-hybridized carbons (Fsp3) is 0.370.